The molecule has 138 valence electrons. The largest absolute Gasteiger partial charge is 0.384 e. The lowest BCUT2D eigenvalue weighted by Gasteiger charge is -2.15. The molecular weight excluding hydrogens is 340 g/mol. The molecule has 1 saturated heterocycles. The van der Waals surface area contributed by atoms with Gasteiger partial charge in [0.25, 0.3) is 5.91 Å². The van der Waals surface area contributed by atoms with Crippen LogP contribution in [0.4, 0.5) is 5.69 Å². The average molecular weight is 362 g/mol. The van der Waals surface area contributed by atoms with E-state index in [-0.39, 0.29) is 11.7 Å². The highest BCUT2D eigenvalue weighted by Crippen LogP contribution is 2.16. The van der Waals surface area contributed by atoms with E-state index >= 15 is 0 Å². The summed E-state index contributed by atoms with van der Waals surface area (Å²) in [6.45, 7) is 3.63. The van der Waals surface area contributed by atoms with Gasteiger partial charge in [0.15, 0.2) is 0 Å². The van der Waals surface area contributed by atoms with Gasteiger partial charge in [0, 0.05) is 22.4 Å². The molecule has 6 nitrogen and oxygen atoms in total. The minimum absolute atomic E-state index is 0.0509. The molecule has 2 aromatic carbocycles. The zero-order chi connectivity index (χ0) is 19.2. The minimum Gasteiger partial charge on any atom is -0.384 e. The molecule has 1 aliphatic rings. The lowest BCUT2D eigenvalue weighted by molar-refractivity contribution is -0.0768. The van der Waals surface area contributed by atoms with Crippen LogP contribution in [0, 0.1) is 24.2 Å². The zero-order valence-corrected chi connectivity index (χ0v) is 15.2. The molecule has 0 aromatic heterocycles. The van der Waals surface area contributed by atoms with E-state index in [4.69, 9.17) is 16.0 Å². The van der Waals surface area contributed by atoms with E-state index < -0.39 is 0 Å². The van der Waals surface area contributed by atoms with Gasteiger partial charge >= 0.3 is 0 Å². The maximum absolute atomic E-state index is 12.4. The van der Waals surface area contributed by atoms with Crippen LogP contribution in [0.3, 0.4) is 0 Å². The molecule has 4 N–H and O–H groups in total. The van der Waals surface area contributed by atoms with Gasteiger partial charge in [-0.3, -0.25) is 15.0 Å². The van der Waals surface area contributed by atoms with Crippen LogP contribution >= 0.6 is 0 Å². The zero-order valence-electron chi connectivity index (χ0n) is 15.2. The second kappa shape index (κ2) is 8.39. The van der Waals surface area contributed by atoms with Crippen molar-refractivity contribution in [2.75, 3.05) is 25.0 Å². The fourth-order valence-corrected chi connectivity index (χ4v) is 2.78. The van der Waals surface area contributed by atoms with Crippen LogP contribution in [0.1, 0.15) is 33.5 Å². The molecule has 0 aliphatic carbocycles. The van der Waals surface area contributed by atoms with E-state index in [1.165, 1.54) is 5.06 Å². The number of nitrogens with zero attached hydrogens (tertiary/aromatic N) is 1. The summed E-state index contributed by atoms with van der Waals surface area (Å²) < 4.78 is 0. The second-order valence-corrected chi connectivity index (χ2v) is 6.27. The number of anilines is 1. The first-order chi connectivity index (χ1) is 13.0. The van der Waals surface area contributed by atoms with Crippen LogP contribution in [-0.2, 0) is 4.84 Å². The van der Waals surface area contributed by atoms with Crippen LogP contribution in [-0.4, -0.2) is 36.5 Å². The Kier molecular flexibility index (Phi) is 5.74. The van der Waals surface area contributed by atoms with Crippen molar-refractivity contribution in [3.8, 4) is 11.8 Å². The van der Waals surface area contributed by atoms with Gasteiger partial charge in [-0.25, -0.2) is 5.06 Å². The predicted octanol–water partition coefficient (Wildman–Crippen LogP) is 2.52. The average Bonchev–Trinajstić information content (AvgIpc) is 3.20. The molecule has 1 amide bonds. The number of amides is 1. The van der Waals surface area contributed by atoms with E-state index in [1.807, 2.05) is 31.2 Å². The lowest BCUT2D eigenvalue weighted by atomic mass is 10.0. The molecule has 0 radical (unpaired) electrons. The van der Waals surface area contributed by atoms with Gasteiger partial charge in [-0.2, -0.15) is 0 Å². The molecule has 1 fully saturated rings. The Balaban J connectivity index is 1.59. The molecule has 0 unspecified atom stereocenters. The Morgan fingerprint density at radius 3 is 2.70 bits per heavy atom. The molecular formula is C21H22N4O2. The fourth-order valence-electron chi connectivity index (χ4n) is 2.78. The maximum atomic E-state index is 12.4. The van der Waals surface area contributed by atoms with E-state index in [2.05, 4.69) is 17.2 Å². The van der Waals surface area contributed by atoms with Gasteiger partial charge in [0.05, 0.1) is 19.7 Å². The highest BCUT2D eigenvalue weighted by molar-refractivity contribution is 5.95. The van der Waals surface area contributed by atoms with E-state index in [9.17, 15) is 4.79 Å². The molecule has 3 rings (SSSR count). The van der Waals surface area contributed by atoms with Gasteiger partial charge < -0.3 is 11.1 Å². The third-order valence-electron chi connectivity index (χ3n) is 4.25. The van der Waals surface area contributed by atoms with Crippen LogP contribution in [0.5, 0.6) is 0 Å². The smallest absolute Gasteiger partial charge is 0.277 e. The number of nitrogens with two attached hydrogens (primary N) is 1. The summed E-state index contributed by atoms with van der Waals surface area (Å²) in [6.07, 6.45) is 0.874. The highest BCUT2D eigenvalue weighted by Gasteiger charge is 2.22. The van der Waals surface area contributed by atoms with Gasteiger partial charge in [-0.15, -0.1) is 0 Å². The molecule has 0 atom stereocenters. The number of nitrogens with one attached hydrogen (secondary N) is 2. The van der Waals surface area contributed by atoms with Crippen molar-refractivity contribution in [2.24, 2.45) is 5.73 Å². The Hall–Kier alpha value is -3.30. The second-order valence-electron chi connectivity index (χ2n) is 6.27. The standard InChI is InChI=1S/C21H22N4O2/c1-15-14-16(5-10-19(15)21(26)25-12-3-13-27-25)4-2-11-24-18-8-6-17(7-9-18)20(22)23/h5-10,14,24H,3,11-13H2,1H3,(H3,22,23). The van der Waals surface area contributed by atoms with E-state index in [0.29, 0.717) is 30.8 Å². The lowest BCUT2D eigenvalue weighted by Crippen LogP contribution is -2.27. The molecule has 27 heavy (non-hydrogen) atoms. The van der Waals surface area contributed by atoms with Crippen molar-refractivity contribution in [3.05, 3.63) is 64.7 Å². The van der Waals surface area contributed by atoms with E-state index in [1.54, 1.807) is 18.2 Å². The third kappa shape index (κ3) is 4.66. The Bertz CT molecular complexity index is 904. The number of hydrogen-bond donors (Lipinski definition) is 3. The molecule has 1 heterocycles. The number of nitrogen functional groups attached to an aromatic ring is 1. The van der Waals surface area contributed by atoms with E-state index in [0.717, 1.165) is 23.2 Å². The van der Waals surface area contributed by atoms with Gasteiger partial charge in [-0.05, 0) is 61.4 Å². The number of amidine groups is 1. The number of aryl methyl sites for hydroxylation is 1. The first-order valence-corrected chi connectivity index (χ1v) is 8.77. The van der Waals surface area contributed by atoms with Crippen molar-refractivity contribution < 1.29 is 9.63 Å². The molecule has 6 heteroatoms. The summed E-state index contributed by atoms with van der Waals surface area (Å²) in [5.74, 6) is 6.12. The van der Waals surface area contributed by atoms with Crippen LogP contribution < -0.4 is 11.1 Å². The Labute approximate surface area is 158 Å². The minimum atomic E-state index is -0.0971. The molecule has 1 aliphatic heterocycles. The summed E-state index contributed by atoms with van der Waals surface area (Å²) in [4.78, 5) is 17.7. The van der Waals surface area contributed by atoms with Crippen LogP contribution in [0.15, 0.2) is 42.5 Å². The van der Waals surface area contributed by atoms with Crippen molar-refractivity contribution in [3.63, 3.8) is 0 Å². The molecule has 0 saturated carbocycles. The number of carbonyl (C=O) groups excluding carboxylic acids is 1. The van der Waals surface area contributed by atoms with Gasteiger partial charge in [0.2, 0.25) is 0 Å². The van der Waals surface area contributed by atoms with Crippen LogP contribution in [0.2, 0.25) is 0 Å². The molecule has 2 aromatic rings. The Morgan fingerprint density at radius 2 is 2.07 bits per heavy atom. The number of carbonyl (C=O) groups is 1. The number of benzene rings is 2. The summed E-state index contributed by atoms with van der Waals surface area (Å²) in [5.41, 5.74) is 9.43. The van der Waals surface area contributed by atoms with Crippen molar-refractivity contribution in [1.29, 1.82) is 5.41 Å². The first-order valence-electron chi connectivity index (χ1n) is 8.77. The maximum Gasteiger partial charge on any atom is 0.277 e. The first kappa shape index (κ1) is 18.5. The molecule has 0 spiro atoms. The number of rotatable bonds is 4. The van der Waals surface area contributed by atoms with Crippen molar-refractivity contribution in [2.45, 2.75) is 13.3 Å². The summed E-state index contributed by atoms with van der Waals surface area (Å²) in [5, 5.41) is 12.0. The Morgan fingerprint density at radius 1 is 1.30 bits per heavy atom. The normalized spacial score (nSPS) is 13.0. The van der Waals surface area contributed by atoms with Gasteiger partial charge in [-0.1, -0.05) is 11.8 Å². The highest BCUT2D eigenvalue weighted by atomic mass is 16.7. The monoisotopic (exact) mass is 362 g/mol. The SMILES string of the molecule is Cc1cc(C#CCNc2ccc(C(=N)N)cc2)ccc1C(=O)N1CCCO1. The quantitative estimate of drug-likeness (QED) is 0.443. The molecule has 0 bridgehead atoms. The topological polar surface area (TPSA) is 91.4 Å². The summed E-state index contributed by atoms with van der Waals surface area (Å²) in [6, 6.07) is 12.9. The predicted molar refractivity (Wildman–Crippen MR) is 106 cm³/mol. The van der Waals surface area contributed by atoms with Gasteiger partial charge in [0.1, 0.15) is 5.84 Å². The third-order valence-corrected chi connectivity index (χ3v) is 4.25. The van der Waals surface area contributed by atoms with Crippen molar-refractivity contribution in [1.82, 2.24) is 5.06 Å². The summed E-state index contributed by atoms with van der Waals surface area (Å²) >= 11 is 0. The fraction of sp³-hybridized carbons (Fsp3) is 0.238. The number of hydroxylamine groups is 2. The van der Waals surface area contributed by atoms with Crippen LogP contribution in [0.25, 0.3) is 0 Å². The summed E-state index contributed by atoms with van der Waals surface area (Å²) in [7, 11) is 0. The number of hydrogen-bond acceptors (Lipinski definition) is 4. The van der Waals surface area contributed by atoms with Crippen molar-refractivity contribution >= 4 is 17.4 Å².